The Balaban J connectivity index is 1.44. The predicted molar refractivity (Wildman–Crippen MR) is 184 cm³/mol. The van der Waals surface area contributed by atoms with Crippen LogP contribution in [0.5, 0.6) is 5.75 Å². The van der Waals surface area contributed by atoms with Crippen molar-refractivity contribution in [2.45, 2.75) is 68.7 Å². The molecule has 3 aliphatic heterocycles. The summed E-state index contributed by atoms with van der Waals surface area (Å²) in [5.41, 5.74) is 0.179. The molecule has 1 spiro atoms. The van der Waals surface area contributed by atoms with Crippen LogP contribution in [0.4, 0.5) is 5.69 Å². The maximum atomic E-state index is 14.7. The molecule has 3 heterocycles. The zero-order valence-electron chi connectivity index (χ0n) is 28.1. The smallest absolute Gasteiger partial charge is 0.306 e. The van der Waals surface area contributed by atoms with Crippen LogP contribution in [-0.2, 0) is 28.7 Å². The molecule has 11 nitrogen and oxygen atoms in total. The quantitative estimate of drug-likeness (QED) is 0.137. The number of carbonyl (C=O) groups excluding carboxylic acids is 4. The number of aliphatic hydroxyl groups excluding tert-OH is 1. The van der Waals surface area contributed by atoms with Crippen molar-refractivity contribution in [3.05, 3.63) is 85.5 Å². The number of likely N-dealkylation sites (tertiary alicyclic amines) is 1. The zero-order valence-corrected chi connectivity index (χ0v) is 28.1. The fraction of sp³-hybridized carbons (Fsp3) is 0.474. The monoisotopic (exact) mass is 673 g/mol. The number of hydrogen-bond acceptors (Lipinski definition) is 8. The average Bonchev–Trinajstić information content (AvgIpc) is 3.77. The van der Waals surface area contributed by atoms with Gasteiger partial charge in [-0.25, -0.2) is 0 Å². The lowest BCUT2D eigenvalue weighted by molar-refractivity contribution is -0.146. The minimum Gasteiger partial charge on any atom is -0.497 e. The van der Waals surface area contributed by atoms with E-state index in [1.54, 1.807) is 53.3 Å². The summed E-state index contributed by atoms with van der Waals surface area (Å²) in [6.45, 7) is 7.96. The highest BCUT2D eigenvalue weighted by atomic mass is 16.5. The molecule has 262 valence electrons. The predicted octanol–water partition coefficient (Wildman–Crippen LogP) is 4.12. The number of nitrogens with one attached hydrogen (secondary N) is 1. The largest absolute Gasteiger partial charge is 0.497 e. The highest BCUT2D eigenvalue weighted by molar-refractivity contribution is 6.05. The molecular formula is C38H47N3O8. The summed E-state index contributed by atoms with van der Waals surface area (Å²) >= 11 is 0. The Hall–Kier alpha value is -4.48. The number of carbonyl (C=O) groups is 4. The second-order valence-corrected chi connectivity index (χ2v) is 12.8. The zero-order chi connectivity index (χ0) is 35.0. The highest BCUT2D eigenvalue weighted by Gasteiger charge is 2.74. The molecule has 2 bridgehead atoms. The first kappa shape index (κ1) is 35.8. The van der Waals surface area contributed by atoms with Gasteiger partial charge < -0.3 is 34.4 Å². The molecule has 0 radical (unpaired) electrons. The number of benzene rings is 2. The van der Waals surface area contributed by atoms with Gasteiger partial charge in [0.2, 0.25) is 11.8 Å². The molecule has 0 saturated carbocycles. The number of unbranched alkanes of at least 4 members (excludes halogenated alkanes) is 2. The molecule has 2 aromatic rings. The van der Waals surface area contributed by atoms with E-state index in [4.69, 9.17) is 14.2 Å². The van der Waals surface area contributed by atoms with Gasteiger partial charge in [0.1, 0.15) is 24.0 Å². The topological polar surface area (TPSA) is 135 Å². The van der Waals surface area contributed by atoms with Crippen LogP contribution in [0.2, 0.25) is 0 Å². The number of anilines is 1. The molecule has 3 amide bonds. The fourth-order valence-corrected chi connectivity index (χ4v) is 7.55. The summed E-state index contributed by atoms with van der Waals surface area (Å²) < 4.78 is 17.5. The van der Waals surface area contributed by atoms with Crippen LogP contribution in [0.1, 0.15) is 56.6 Å². The van der Waals surface area contributed by atoms with Gasteiger partial charge in [-0.3, -0.25) is 19.2 Å². The lowest BCUT2D eigenvalue weighted by Crippen LogP contribution is -2.56. The third-order valence-corrected chi connectivity index (χ3v) is 9.84. The number of nitrogens with zero attached hydrogens (tertiary/aromatic N) is 2. The molecule has 0 aromatic heterocycles. The molecule has 11 heteroatoms. The summed E-state index contributed by atoms with van der Waals surface area (Å²) in [4.78, 5) is 59.0. The molecule has 6 atom stereocenters. The van der Waals surface area contributed by atoms with Crippen molar-refractivity contribution in [1.82, 2.24) is 10.2 Å². The number of allylic oxidation sites excluding steroid dienone is 1. The van der Waals surface area contributed by atoms with Gasteiger partial charge in [-0.05, 0) is 68.4 Å². The molecule has 0 unspecified atom stereocenters. The number of methoxy groups -OCH3 is 1. The Bertz CT molecular complexity index is 1500. The van der Waals surface area contributed by atoms with Gasteiger partial charge >= 0.3 is 5.97 Å². The Labute approximate surface area is 287 Å². The number of aliphatic hydroxyl groups is 1. The Morgan fingerprint density at radius 3 is 2.53 bits per heavy atom. The molecule has 2 aromatic carbocycles. The van der Waals surface area contributed by atoms with Gasteiger partial charge in [0, 0.05) is 31.8 Å². The number of esters is 1. The SMILES string of the molecule is C=CCCC(=O)OC[C@@H](NC(=O)[C@@H]1[C@H]2C(=O)N(CCCCCO)[C@H](C(=O)N(CC=C)c3ccc(OC)cc3)[C@]23CC[C@H]1O3)c1ccccc1. The van der Waals surface area contributed by atoms with Gasteiger partial charge in [-0.15, -0.1) is 13.2 Å². The maximum Gasteiger partial charge on any atom is 0.306 e. The Kier molecular flexibility index (Phi) is 11.9. The first-order valence-corrected chi connectivity index (χ1v) is 17.1. The number of amides is 3. The fourth-order valence-electron chi connectivity index (χ4n) is 7.55. The van der Waals surface area contributed by atoms with Crippen molar-refractivity contribution in [2.75, 3.05) is 38.3 Å². The lowest BCUT2D eigenvalue weighted by Gasteiger charge is -2.37. The molecule has 3 aliphatic rings. The van der Waals surface area contributed by atoms with E-state index < -0.39 is 41.6 Å². The van der Waals surface area contributed by atoms with Crippen LogP contribution in [0.15, 0.2) is 79.9 Å². The van der Waals surface area contributed by atoms with Gasteiger partial charge in [-0.1, -0.05) is 42.5 Å². The van der Waals surface area contributed by atoms with E-state index in [2.05, 4.69) is 18.5 Å². The second-order valence-electron chi connectivity index (χ2n) is 12.8. The molecule has 2 N–H and O–H groups in total. The average molecular weight is 674 g/mol. The van der Waals surface area contributed by atoms with Crippen LogP contribution in [0.3, 0.4) is 0 Å². The normalized spacial score (nSPS) is 24.2. The van der Waals surface area contributed by atoms with Crippen molar-refractivity contribution in [3.63, 3.8) is 0 Å². The van der Waals surface area contributed by atoms with E-state index in [9.17, 15) is 24.3 Å². The van der Waals surface area contributed by atoms with Crippen molar-refractivity contribution >= 4 is 29.4 Å². The van der Waals surface area contributed by atoms with E-state index in [0.29, 0.717) is 50.0 Å². The number of rotatable bonds is 18. The van der Waals surface area contributed by atoms with Gasteiger partial charge in [0.25, 0.3) is 5.91 Å². The summed E-state index contributed by atoms with van der Waals surface area (Å²) in [6, 6.07) is 14.7. The third kappa shape index (κ3) is 7.43. The van der Waals surface area contributed by atoms with Crippen LogP contribution in [0.25, 0.3) is 0 Å². The summed E-state index contributed by atoms with van der Waals surface area (Å²) in [5, 5.41) is 12.4. The van der Waals surface area contributed by atoms with Gasteiger partial charge in [0.05, 0.1) is 31.1 Å². The number of hydrogen-bond donors (Lipinski definition) is 2. The lowest BCUT2D eigenvalue weighted by atomic mass is 9.70. The maximum absolute atomic E-state index is 14.7. The number of fused-ring (bicyclic) bond motifs is 1. The molecule has 0 aliphatic carbocycles. The first-order valence-electron chi connectivity index (χ1n) is 17.1. The van der Waals surface area contributed by atoms with Crippen molar-refractivity contribution in [2.24, 2.45) is 11.8 Å². The van der Waals surface area contributed by atoms with E-state index in [0.717, 1.165) is 5.56 Å². The molecule has 5 rings (SSSR count). The van der Waals surface area contributed by atoms with Crippen LogP contribution >= 0.6 is 0 Å². The van der Waals surface area contributed by atoms with Crippen LogP contribution in [-0.4, -0.2) is 84.9 Å². The third-order valence-electron chi connectivity index (χ3n) is 9.84. The minimum absolute atomic E-state index is 0.0344. The van der Waals surface area contributed by atoms with E-state index in [1.165, 1.54) is 0 Å². The Morgan fingerprint density at radius 2 is 1.86 bits per heavy atom. The van der Waals surface area contributed by atoms with Gasteiger partial charge in [-0.2, -0.15) is 0 Å². The van der Waals surface area contributed by atoms with E-state index in [-0.39, 0.29) is 50.4 Å². The van der Waals surface area contributed by atoms with Crippen LogP contribution in [0, 0.1) is 11.8 Å². The number of ether oxygens (including phenoxy) is 3. The standard InChI is InChI=1S/C38H47N3O8/c1-4-6-15-31(43)48-25-29(26-13-9-7-10-14-26)39-35(44)32-30-20-21-38(49-30)33(32)36(45)41(23-11-8-12-24-42)34(38)37(46)40(22-5-2)27-16-18-28(47-3)19-17-27/h4-5,7,9-10,13-14,16-19,29-30,32-34,42H,1-2,6,8,11-12,15,20-25H2,3H3,(H,39,44)/t29-,30-,32+,33+,34-,38+/m1/s1. The van der Waals surface area contributed by atoms with Crippen molar-refractivity contribution in [1.29, 1.82) is 0 Å². The highest BCUT2D eigenvalue weighted by Crippen LogP contribution is 2.58. The summed E-state index contributed by atoms with van der Waals surface area (Å²) in [7, 11) is 1.57. The minimum atomic E-state index is -1.19. The van der Waals surface area contributed by atoms with E-state index >= 15 is 0 Å². The van der Waals surface area contributed by atoms with Gasteiger partial charge in [0.15, 0.2) is 0 Å². The van der Waals surface area contributed by atoms with Crippen molar-refractivity contribution in [3.8, 4) is 5.75 Å². The molecule has 49 heavy (non-hydrogen) atoms. The first-order chi connectivity index (χ1) is 23.8. The van der Waals surface area contributed by atoms with E-state index in [1.807, 2.05) is 30.3 Å². The van der Waals surface area contributed by atoms with Crippen molar-refractivity contribution < 1.29 is 38.5 Å². The Morgan fingerprint density at radius 1 is 1.10 bits per heavy atom. The van der Waals surface area contributed by atoms with Crippen LogP contribution < -0.4 is 15.0 Å². The second kappa shape index (κ2) is 16.3. The summed E-state index contributed by atoms with van der Waals surface area (Å²) in [6.07, 6.45) is 6.18. The molecule has 3 fully saturated rings. The molecular weight excluding hydrogens is 626 g/mol. The summed E-state index contributed by atoms with van der Waals surface area (Å²) in [5.74, 6) is -2.44. The molecule has 3 saturated heterocycles.